The smallest absolute Gasteiger partial charge is 0.136 e. The van der Waals surface area contributed by atoms with Gasteiger partial charge in [-0.2, -0.15) is 0 Å². The highest BCUT2D eigenvalue weighted by molar-refractivity contribution is 6.23. The van der Waals surface area contributed by atoms with Crippen LogP contribution in [0.5, 0.6) is 0 Å². The van der Waals surface area contributed by atoms with Crippen molar-refractivity contribution in [2.24, 2.45) is 0 Å². The van der Waals surface area contributed by atoms with Gasteiger partial charge in [0.05, 0.1) is 11.0 Å². The van der Waals surface area contributed by atoms with Crippen molar-refractivity contribution in [1.29, 1.82) is 0 Å². The van der Waals surface area contributed by atoms with Gasteiger partial charge in [-0.05, 0) is 118 Å². The van der Waals surface area contributed by atoms with Gasteiger partial charge in [0, 0.05) is 16.2 Å². The molecule has 1 aromatic heterocycles. The van der Waals surface area contributed by atoms with Crippen LogP contribution in [0.3, 0.4) is 0 Å². The molecule has 0 bridgehead atoms. The molecule has 0 aliphatic heterocycles. The third-order valence-electron chi connectivity index (χ3n) is 11.1. The van der Waals surface area contributed by atoms with E-state index in [1.54, 1.807) is 6.07 Å². The lowest BCUT2D eigenvalue weighted by atomic mass is 9.81. The van der Waals surface area contributed by atoms with Gasteiger partial charge in [0.15, 0.2) is 0 Å². The van der Waals surface area contributed by atoms with Crippen LogP contribution >= 0.6 is 0 Å². The van der Waals surface area contributed by atoms with Crippen molar-refractivity contribution in [2.75, 3.05) is 0 Å². The third-order valence-corrected chi connectivity index (χ3v) is 11.1. The van der Waals surface area contributed by atoms with Crippen molar-refractivity contribution in [3.05, 3.63) is 181 Å². The molecule has 1 aliphatic carbocycles. The molecule has 0 N–H and O–H groups in total. The molecule has 244 valence electrons. The highest BCUT2D eigenvalue weighted by Crippen LogP contribution is 2.50. The minimum Gasteiger partial charge on any atom is -0.456 e. The molecule has 1 aliphatic rings. The van der Waals surface area contributed by atoms with E-state index in [0.717, 1.165) is 32.7 Å². The second kappa shape index (κ2) is 10.8. The van der Waals surface area contributed by atoms with E-state index in [1.807, 2.05) is 72.8 Å². The largest absolute Gasteiger partial charge is 0.456 e. The SMILES string of the molecule is [2H]c1c([2H])c([2H])c2c(-c3ccc4oc5ccc6ccccc6c5c4c3)c3c([2H])c([2H])c([2H])c([2H])c3c(-c3cccc(-c4ccc5c(c4)C(C)(C)c4ccccc4-5)c3)c2c1[2H]. The van der Waals surface area contributed by atoms with E-state index in [9.17, 15) is 5.48 Å². The lowest BCUT2D eigenvalue weighted by Crippen LogP contribution is -2.14. The quantitative estimate of drug-likeness (QED) is 0.171. The van der Waals surface area contributed by atoms with Crippen molar-refractivity contribution in [3.8, 4) is 44.5 Å². The molecule has 1 heterocycles. The lowest BCUT2D eigenvalue weighted by molar-refractivity contribution is 0.660. The molecule has 0 amide bonds. The van der Waals surface area contributed by atoms with Crippen LogP contribution in [0.25, 0.3) is 98.8 Å². The molecule has 1 nitrogen and oxygen atoms in total. The highest BCUT2D eigenvalue weighted by Gasteiger charge is 2.35. The fourth-order valence-electron chi connectivity index (χ4n) is 8.64. The average molecular weight is 671 g/mol. The molecule has 0 saturated heterocycles. The molecular formula is C51H34O. The van der Waals surface area contributed by atoms with Crippen LogP contribution in [0.15, 0.2) is 174 Å². The number of rotatable bonds is 3. The first-order chi connectivity index (χ1) is 28.9. The zero-order valence-corrected chi connectivity index (χ0v) is 28.5. The van der Waals surface area contributed by atoms with Crippen LogP contribution in [0.2, 0.25) is 0 Å². The van der Waals surface area contributed by atoms with E-state index in [1.165, 1.54) is 22.3 Å². The maximum absolute atomic E-state index is 9.49. The summed E-state index contributed by atoms with van der Waals surface area (Å²) in [6, 6.07) is 37.2. The summed E-state index contributed by atoms with van der Waals surface area (Å²) in [7, 11) is 0. The second-order valence-electron chi connectivity index (χ2n) is 14.2. The number of hydrogen-bond acceptors (Lipinski definition) is 1. The normalized spacial score (nSPS) is 15.5. The van der Waals surface area contributed by atoms with Crippen molar-refractivity contribution in [3.63, 3.8) is 0 Å². The Morgan fingerprint density at radius 3 is 1.81 bits per heavy atom. The Kier molecular flexibility index (Phi) is 4.64. The predicted octanol–water partition coefficient (Wildman–Crippen LogP) is 14.4. The van der Waals surface area contributed by atoms with Gasteiger partial charge in [-0.3, -0.25) is 0 Å². The minimum absolute atomic E-state index is 0.174. The van der Waals surface area contributed by atoms with Gasteiger partial charge in [-0.15, -0.1) is 0 Å². The molecule has 1 heteroatoms. The van der Waals surface area contributed by atoms with E-state index in [-0.39, 0.29) is 51.1 Å². The first-order valence-corrected chi connectivity index (χ1v) is 17.5. The van der Waals surface area contributed by atoms with Crippen LogP contribution in [-0.4, -0.2) is 0 Å². The molecule has 52 heavy (non-hydrogen) atoms. The number of furan rings is 1. The van der Waals surface area contributed by atoms with Gasteiger partial charge >= 0.3 is 0 Å². The molecule has 11 rings (SSSR count). The van der Waals surface area contributed by atoms with E-state index < -0.39 is 24.2 Å². The Balaban J connectivity index is 1.24. The minimum atomic E-state index is -0.434. The molecule has 0 radical (unpaired) electrons. The van der Waals surface area contributed by atoms with Crippen molar-refractivity contribution < 1.29 is 15.4 Å². The fourth-order valence-corrected chi connectivity index (χ4v) is 8.64. The number of benzene rings is 9. The first kappa shape index (κ1) is 22.4. The molecule has 0 atom stereocenters. The van der Waals surface area contributed by atoms with Crippen LogP contribution < -0.4 is 0 Å². The zero-order valence-electron chi connectivity index (χ0n) is 36.5. The predicted molar refractivity (Wildman–Crippen MR) is 220 cm³/mol. The maximum atomic E-state index is 9.49. The van der Waals surface area contributed by atoms with Gasteiger partial charge in [-0.25, -0.2) is 0 Å². The topological polar surface area (TPSA) is 13.1 Å². The Labute approximate surface area is 313 Å². The van der Waals surface area contributed by atoms with Crippen molar-refractivity contribution in [2.45, 2.75) is 19.3 Å². The maximum Gasteiger partial charge on any atom is 0.136 e. The van der Waals surface area contributed by atoms with E-state index in [2.05, 4.69) is 56.3 Å². The lowest BCUT2D eigenvalue weighted by Gasteiger charge is -2.22. The summed E-state index contributed by atoms with van der Waals surface area (Å²) in [6.07, 6.45) is 0. The summed E-state index contributed by atoms with van der Waals surface area (Å²) >= 11 is 0. The number of fused-ring (bicyclic) bond motifs is 10. The Morgan fingerprint density at radius 1 is 0.442 bits per heavy atom. The van der Waals surface area contributed by atoms with E-state index in [4.69, 9.17) is 9.90 Å². The van der Waals surface area contributed by atoms with Gasteiger partial charge in [0.25, 0.3) is 0 Å². The fraction of sp³-hybridized carbons (Fsp3) is 0.0588. The molecule has 0 fully saturated rings. The Hall–Kier alpha value is -6.44. The highest BCUT2D eigenvalue weighted by atomic mass is 16.3. The van der Waals surface area contributed by atoms with Crippen LogP contribution in [0.4, 0.5) is 0 Å². The van der Waals surface area contributed by atoms with Gasteiger partial charge in [-0.1, -0.05) is 153 Å². The van der Waals surface area contributed by atoms with E-state index in [0.29, 0.717) is 33.4 Å². The zero-order chi connectivity index (χ0) is 41.5. The van der Waals surface area contributed by atoms with Crippen LogP contribution in [0, 0.1) is 0 Å². The molecule has 0 saturated carbocycles. The van der Waals surface area contributed by atoms with Crippen molar-refractivity contribution in [1.82, 2.24) is 0 Å². The molecule has 0 unspecified atom stereocenters. The molecule has 0 spiro atoms. The van der Waals surface area contributed by atoms with Crippen LogP contribution in [-0.2, 0) is 5.41 Å². The van der Waals surface area contributed by atoms with Gasteiger partial charge in [0.2, 0.25) is 0 Å². The Morgan fingerprint density at radius 2 is 1.04 bits per heavy atom. The molecular weight excluding hydrogens is 629 g/mol. The molecule has 9 aromatic carbocycles. The summed E-state index contributed by atoms with van der Waals surface area (Å²) < 4.78 is 79.9. The summed E-state index contributed by atoms with van der Waals surface area (Å²) in [5.41, 5.74) is 9.48. The standard InChI is InChI=1S/C51H34O/c1-51(2)44-21-10-9-16-37(44)38-25-22-33(30-45(38)51)32-13-11-14-34(28-32)48-39-17-5-7-19-41(39)49(42-20-8-6-18-40(42)48)35-24-26-46-43(29-35)50-36-15-4-3-12-31(36)23-27-47(50)52-46/h3-30H,1-2H3/i5D,6D,7D,8D,17D,18D,19D,20D. The van der Waals surface area contributed by atoms with Gasteiger partial charge < -0.3 is 4.42 Å². The van der Waals surface area contributed by atoms with Crippen molar-refractivity contribution >= 4 is 54.3 Å². The summed E-state index contributed by atoms with van der Waals surface area (Å²) in [6.45, 7) is 4.46. The Bertz CT molecular complexity index is 3480. The average Bonchev–Trinajstić information content (AvgIpc) is 3.76. The summed E-state index contributed by atoms with van der Waals surface area (Å²) in [5.74, 6) is 0. The van der Waals surface area contributed by atoms with E-state index >= 15 is 0 Å². The first-order valence-electron chi connectivity index (χ1n) is 21.5. The van der Waals surface area contributed by atoms with Gasteiger partial charge in [0.1, 0.15) is 11.2 Å². The third kappa shape index (κ3) is 4.11. The molecule has 10 aromatic rings. The second-order valence-corrected chi connectivity index (χ2v) is 14.2. The summed E-state index contributed by atoms with van der Waals surface area (Å²) in [4.78, 5) is 0. The van der Waals surface area contributed by atoms with Crippen LogP contribution in [0.1, 0.15) is 35.9 Å². The number of hydrogen-bond donors (Lipinski definition) is 0. The summed E-state index contributed by atoms with van der Waals surface area (Å²) in [5, 5.41) is 4.38. The monoisotopic (exact) mass is 670 g/mol.